The Kier molecular flexibility index (Phi) is 2.39. The first-order valence-electron chi connectivity index (χ1n) is 6.14. The molecule has 0 amide bonds. The molecule has 0 saturated carbocycles. The van der Waals surface area contributed by atoms with Crippen molar-refractivity contribution in [3.8, 4) is 11.3 Å². The van der Waals surface area contributed by atoms with Crippen molar-refractivity contribution in [2.24, 2.45) is 5.92 Å². The van der Waals surface area contributed by atoms with Crippen LogP contribution in [0, 0.1) is 5.92 Å². The molecule has 1 unspecified atom stereocenters. The lowest BCUT2D eigenvalue weighted by molar-refractivity contribution is 0.394. The molecule has 1 aromatic heterocycles. The molecule has 3 rings (SSSR count). The lowest BCUT2D eigenvalue weighted by Gasteiger charge is -2.19. The molecule has 88 valence electrons. The van der Waals surface area contributed by atoms with Gasteiger partial charge < -0.3 is 10.3 Å². The number of hydrogen-bond donors (Lipinski definition) is 1. The summed E-state index contributed by atoms with van der Waals surface area (Å²) in [6.07, 6.45) is 4.50. The van der Waals surface area contributed by atoms with Crippen LogP contribution < -0.4 is 5.73 Å². The van der Waals surface area contributed by atoms with Crippen molar-refractivity contribution in [2.75, 3.05) is 5.73 Å². The summed E-state index contributed by atoms with van der Waals surface area (Å²) in [5.41, 5.74) is 8.70. The second-order valence-corrected chi connectivity index (χ2v) is 4.96. The number of anilines is 1. The molecular weight excluding hydrogens is 210 g/mol. The van der Waals surface area contributed by atoms with Gasteiger partial charge in [0.2, 0.25) is 0 Å². The molecule has 2 aromatic rings. The Morgan fingerprint density at radius 1 is 1.29 bits per heavy atom. The summed E-state index contributed by atoms with van der Waals surface area (Å²) in [7, 11) is 0. The van der Waals surface area contributed by atoms with Crippen molar-refractivity contribution >= 4 is 5.69 Å². The van der Waals surface area contributed by atoms with Crippen LogP contribution in [0.2, 0.25) is 0 Å². The van der Waals surface area contributed by atoms with Gasteiger partial charge in [-0.2, -0.15) is 0 Å². The van der Waals surface area contributed by atoms with Crippen LogP contribution in [0.4, 0.5) is 5.69 Å². The summed E-state index contributed by atoms with van der Waals surface area (Å²) in [5.74, 6) is 1.98. The molecule has 1 aromatic carbocycles. The predicted octanol–water partition coefficient (Wildman–Crippen LogP) is 2.71. The molecule has 3 heteroatoms. The van der Waals surface area contributed by atoms with Gasteiger partial charge in [-0.15, -0.1) is 0 Å². The second kappa shape index (κ2) is 3.91. The first kappa shape index (κ1) is 10.4. The molecule has 0 bridgehead atoms. The van der Waals surface area contributed by atoms with E-state index in [2.05, 4.69) is 17.7 Å². The Morgan fingerprint density at radius 3 is 2.82 bits per heavy atom. The highest BCUT2D eigenvalue weighted by Gasteiger charge is 2.17. The van der Waals surface area contributed by atoms with E-state index in [-0.39, 0.29) is 0 Å². The molecule has 1 atom stereocenters. The van der Waals surface area contributed by atoms with Crippen LogP contribution in [-0.2, 0) is 13.0 Å². The quantitative estimate of drug-likeness (QED) is 0.761. The number of imidazole rings is 1. The molecule has 0 aliphatic carbocycles. The smallest absolute Gasteiger partial charge is 0.109 e. The monoisotopic (exact) mass is 227 g/mol. The van der Waals surface area contributed by atoms with Crippen LogP contribution in [-0.4, -0.2) is 9.55 Å². The standard InChI is InChI=1S/C14H17N3/c1-10-2-7-14-16-13(9-17(14)8-10)11-3-5-12(15)6-4-11/h3-6,9-10H,2,7-8,15H2,1H3. The summed E-state index contributed by atoms with van der Waals surface area (Å²) in [4.78, 5) is 4.71. The van der Waals surface area contributed by atoms with Crippen molar-refractivity contribution in [3.63, 3.8) is 0 Å². The van der Waals surface area contributed by atoms with Gasteiger partial charge in [0.15, 0.2) is 0 Å². The van der Waals surface area contributed by atoms with Crippen LogP contribution in [0.3, 0.4) is 0 Å². The highest BCUT2D eigenvalue weighted by Crippen LogP contribution is 2.25. The lowest BCUT2D eigenvalue weighted by Crippen LogP contribution is -2.17. The average molecular weight is 227 g/mol. The highest BCUT2D eigenvalue weighted by atomic mass is 15.1. The van der Waals surface area contributed by atoms with Gasteiger partial charge in [-0.3, -0.25) is 0 Å². The summed E-state index contributed by atoms with van der Waals surface area (Å²) in [5, 5.41) is 0. The predicted molar refractivity (Wildman–Crippen MR) is 69.6 cm³/mol. The molecule has 2 N–H and O–H groups in total. The van der Waals surface area contributed by atoms with E-state index < -0.39 is 0 Å². The Labute approximate surface area is 101 Å². The van der Waals surface area contributed by atoms with Crippen LogP contribution in [0.15, 0.2) is 30.5 Å². The van der Waals surface area contributed by atoms with Crippen LogP contribution >= 0.6 is 0 Å². The van der Waals surface area contributed by atoms with Crippen molar-refractivity contribution in [2.45, 2.75) is 26.3 Å². The van der Waals surface area contributed by atoms with E-state index >= 15 is 0 Å². The molecule has 17 heavy (non-hydrogen) atoms. The fourth-order valence-electron chi connectivity index (χ4n) is 2.41. The largest absolute Gasteiger partial charge is 0.399 e. The minimum Gasteiger partial charge on any atom is -0.399 e. The highest BCUT2D eigenvalue weighted by molar-refractivity contribution is 5.61. The number of rotatable bonds is 1. The number of hydrogen-bond acceptors (Lipinski definition) is 2. The van der Waals surface area contributed by atoms with Gasteiger partial charge in [0.1, 0.15) is 5.82 Å². The number of nitrogens with two attached hydrogens (primary N) is 1. The van der Waals surface area contributed by atoms with Crippen molar-refractivity contribution in [1.82, 2.24) is 9.55 Å². The maximum absolute atomic E-state index is 5.69. The van der Waals surface area contributed by atoms with Crippen LogP contribution in [0.5, 0.6) is 0 Å². The molecule has 2 heterocycles. The Morgan fingerprint density at radius 2 is 2.06 bits per heavy atom. The first-order valence-corrected chi connectivity index (χ1v) is 6.14. The fraction of sp³-hybridized carbons (Fsp3) is 0.357. The molecule has 0 radical (unpaired) electrons. The maximum Gasteiger partial charge on any atom is 0.109 e. The number of benzene rings is 1. The zero-order valence-electron chi connectivity index (χ0n) is 10.1. The van der Waals surface area contributed by atoms with Gasteiger partial charge >= 0.3 is 0 Å². The van der Waals surface area contributed by atoms with E-state index in [1.807, 2.05) is 24.3 Å². The van der Waals surface area contributed by atoms with E-state index in [1.54, 1.807) is 0 Å². The van der Waals surface area contributed by atoms with Crippen molar-refractivity contribution < 1.29 is 0 Å². The van der Waals surface area contributed by atoms with E-state index in [9.17, 15) is 0 Å². The number of aromatic nitrogens is 2. The summed E-state index contributed by atoms with van der Waals surface area (Å²) >= 11 is 0. The Bertz CT molecular complexity index is 525. The van der Waals surface area contributed by atoms with Crippen LogP contribution in [0.1, 0.15) is 19.2 Å². The third-order valence-corrected chi connectivity index (χ3v) is 3.43. The number of fused-ring (bicyclic) bond motifs is 1. The molecular formula is C14H17N3. The molecule has 0 saturated heterocycles. The number of nitrogens with zero attached hydrogens (tertiary/aromatic N) is 2. The molecule has 1 aliphatic rings. The van der Waals surface area contributed by atoms with Gasteiger partial charge in [-0.1, -0.05) is 19.1 Å². The van der Waals surface area contributed by atoms with Crippen molar-refractivity contribution in [3.05, 3.63) is 36.3 Å². The first-order chi connectivity index (χ1) is 8.22. The molecule has 3 nitrogen and oxygen atoms in total. The zero-order chi connectivity index (χ0) is 11.8. The minimum absolute atomic E-state index is 0.760. The van der Waals surface area contributed by atoms with E-state index in [0.717, 1.165) is 35.8 Å². The zero-order valence-corrected chi connectivity index (χ0v) is 10.1. The topological polar surface area (TPSA) is 43.8 Å². The minimum atomic E-state index is 0.760. The normalized spacial score (nSPS) is 19.0. The SMILES string of the molecule is CC1CCc2nc(-c3ccc(N)cc3)cn2C1. The van der Waals surface area contributed by atoms with Gasteiger partial charge in [0.05, 0.1) is 5.69 Å². The van der Waals surface area contributed by atoms with Gasteiger partial charge in [-0.05, 0) is 24.5 Å². The second-order valence-electron chi connectivity index (χ2n) is 4.96. The molecule has 0 fully saturated rings. The van der Waals surface area contributed by atoms with E-state index in [4.69, 9.17) is 10.7 Å². The van der Waals surface area contributed by atoms with Gasteiger partial charge in [0, 0.05) is 30.4 Å². The Hall–Kier alpha value is -1.77. The third-order valence-electron chi connectivity index (χ3n) is 3.43. The molecule has 0 spiro atoms. The van der Waals surface area contributed by atoms with Crippen LogP contribution in [0.25, 0.3) is 11.3 Å². The summed E-state index contributed by atoms with van der Waals surface area (Å²) in [6.45, 7) is 3.39. The molecule has 1 aliphatic heterocycles. The van der Waals surface area contributed by atoms with E-state index in [0.29, 0.717) is 0 Å². The lowest BCUT2D eigenvalue weighted by atomic mass is 10.0. The van der Waals surface area contributed by atoms with Gasteiger partial charge in [-0.25, -0.2) is 4.98 Å². The number of nitrogen functional groups attached to an aromatic ring is 1. The summed E-state index contributed by atoms with van der Waals surface area (Å²) < 4.78 is 2.29. The fourth-order valence-corrected chi connectivity index (χ4v) is 2.41. The Balaban J connectivity index is 1.97. The third kappa shape index (κ3) is 1.93. The number of aryl methyl sites for hydroxylation is 1. The maximum atomic E-state index is 5.69. The van der Waals surface area contributed by atoms with Crippen molar-refractivity contribution in [1.29, 1.82) is 0 Å². The summed E-state index contributed by atoms with van der Waals surface area (Å²) in [6, 6.07) is 7.92. The average Bonchev–Trinajstić information content (AvgIpc) is 2.72. The van der Waals surface area contributed by atoms with E-state index in [1.165, 1.54) is 12.2 Å². The van der Waals surface area contributed by atoms with Gasteiger partial charge in [0.25, 0.3) is 0 Å².